The zero-order chi connectivity index (χ0) is 11.6. The third kappa shape index (κ3) is 2.14. The van der Waals surface area contributed by atoms with Crippen molar-refractivity contribution in [3.8, 4) is 0 Å². The van der Waals surface area contributed by atoms with E-state index < -0.39 is 0 Å². The van der Waals surface area contributed by atoms with Crippen LogP contribution >= 0.6 is 0 Å². The molecule has 2 aliphatic carbocycles. The number of hydrogen-bond donors (Lipinski definition) is 1. The van der Waals surface area contributed by atoms with Gasteiger partial charge in [0, 0.05) is 13.2 Å². The SMILES string of the molecule is CNC(C1CCCC(C)C1)C1(OC)CCC1. The summed E-state index contributed by atoms with van der Waals surface area (Å²) in [5, 5.41) is 3.56. The molecule has 0 radical (unpaired) electrons. The van der Waals surface area contributed by atoms with Crippen molar-refractivity contribution in [2.75, 3.05) is 14.2 Å². The summed E-state index contributed by atoms with van der Waals surface area (Å²) in [6, 6.07) is 0.578. The van der Waals surface area contributed by atoms with Crippen molar-refractivity contribution in [2.45, 2.75) is 63.5 Å². The predicted octanol–water partition coefficient (Wildman–Crippen LogP) is 2.97. The van der Waals surface area contributed by atoms with E-state index in [1.165, 1.54) is 44.9 Å². The molecule has 0 aliphatic heterocycles. The monoisotopic (exact) mass is 225 g/mol. The van der Waals surface area contributed by atoms with Crippen molar-refractivity contribution in [3.63, 3.8) is 0 Å². The topological polar surface area (TPSA) is 21.3 Å². The van der Waals surface area contributed by atoms with Crippen LogP contribution in [-0.2, 0) is 4.74 Å². The highest BCUT2D eigenvalue weighted by Gasteiger charge is 2.47. The maximum atomic E-state index is 5.85. The van der Waals surface area contributed by atoms with Gasteiger partial charge in [-0.25, -0.2) is 0 Å². The summed E-state index contributed by atoms with van der Waals surface area (Å²) in [4.78, 5) is 0. The fourth-order valence-electron chi connectivity index (χ4n) is 3.88. The van der Waals surface area contributed by atoms with E-state index in [0.717, 1.165) is 11.8 Å². The van der Waals surface area contributed by atoms with Gasteiger partial charge >= 0.3 is 0 Å². The molecule has 0 saturated heterocycles. The highest BCUT2D eigenvalue weighted by Crippen LogP contribution is 2.44. The van der Waals surface area contributed by atoms with Crippen LogP contribution in [0.2, 0.25) is 0 Å². The number of rotatable bonds is 4. The molecular weight excluding hydrogens is 198 g/mol. The van der Waals surface area contributed by atoms with Gasteiger partial charge in [-0.2, -0.15) is 0 Å². The normalized spacial score (nSPS) is 35.4. The molecule has 2 saturated carbocycles. The van der Waals surface area contributed by atoms with Gasteiger partial charge in [0.15, 0.2) is 0 Å². The molecule has 0 aromatic carbocycles. The second-order valence-corrected chi connectivity index (χ2v) is 5.92. The number of ether oxygens (including phenoxy) is 1. The number of methoxy groups -OCH3 is 1. The molecular formula is C14H27NO. The third-order valence-corrected chi connectivity index (χ3v) is 4.93. The second-order valence-electron chi connectivity index (χ2n) is 5.92. The fourth-order valence-corrected chi connectivity index (χ4v) is 3.88. The number of nitrogens with one attached hydrogen (secondary N) is 1. The fraction of sp³-hybridized carbons (Fsp3) is 1.00. The third-order valence-electron chi connectivity index (χ3n) is 4.93. The first kappa shape index (κ1) is 12.4. The summed E-state index contributed by atoms with van der Waals surface area (Å²) < 4.78 is 5.85. The molecule has 16 heavy (non-hydrogen) atoms. The van der Waals surface area contributed by atoms with E-state index in [0.29, 0.717) is 6.04 Å². The predicted molar refractivity (Wildman–Crippen MR) is 67.6 cm³/mol. The van der Waals surface area contributed by atoms with E-state index in [1.807, 2.05) is 7.11 Å². The van der Waals surface area contributed by atoms with Gasteiger partial charge in [0.25, 0.3) is 0 Å². The van der Waals surface area contributed by atoms with Crippen LogP contribution in [-0.4, -0.2) is 25.8 Å². The van der Waals surface area contributed by atoms with Crippen LogP contribution in [0.15, 0.2) is 0 Å². The Kier molecular flexibility index (Phi) is 3.91. The average Bonchev–Trinajstić information content (AvgIpc) is 2.23. The van der Waals surface area contributed by atoms with Gasteiger partial charge in [0.2, 0.25) is 0 Å². The van der Waals surface area contributed by atoms with Gasteiger partial charge in [0.1, 0.15) is 0 Å². The minimum Gasteiger partial charge on any atom is -0.377 e. The van der Waals surface area contributed by atoms with E-state index in [9.17, 15) is 0 Å². The van der Waals surface area contributed by atoms with Gasteiger partial charge in [-0.3, -0.25) is 0 Å². The molecule has 3 unspecified atom stereocenters. The highest BCUT2D eigenvalue weighted by molar-refractivity contribution is 5.02. The standard InChI is InChI=1S/C14H27NO/c1-11-6-4-7-12(10-11)13(15-2)14(16-3)8-5-9-14/h11-13,15H,4-10H2,1-3H3. The van der Waals surface area contributed by atoms with Crippen LogP contribution in [0, 0.1) is 11.8 Å². The van der Waals surface area contributed by atoms with E-state index in [4.69, 9.17) is 4.74 Å². The van der Waals surface area contributed by atoms with Crippen molar-refractivity contribution in [2.24, 2.45) is 11.8 Å². The highest BCUT2D eigenvalue weighted by atomic mass is 16.5. The quantitative estimate of drug-likeness (QED) is 0.794. The summed E-state index contributed by atoms with van der Waals surface area (Å²) in [5.41, 5.74) is 0.163. The maximum absolute atomic E-state index is 5.85. The number of hydrogen-bond acceptors (Lipinski definition) is 2. The minimum absolute atomic E-state index is 0.163. The molecule has 2 nitrogen and oxygen atoms in total. The molecule has 0 heterocycles. The van der Waals surface area contributed by atoms with E-state index in [1.54, 1.807) is 0 Å². The largest absolute Gasteiger partial charge is 0.377 e. The van der Waals surface area contributed by atoms with Gasteiger partial charge in [-0.15, -0.1) is 0 Å². The van der Waals surface area contributed by atoms with E-state index >= 15 is 0 Å². The summed E-state index contributed by atoms with van der Waals surface area (Å²) >= 11 is 0. The molecule has 0 bridgehead atoms. The summed E-state index contributed by atoms with van der Waals surface area (Å²) in [6.07, 6.45) is 9.45. The molecule has 2 heteroatoms. The van der Waals surface area contributed by atoms with Crippen molar-refractivity contribution >= 4 is 0 Å². The number of likely N-dealkylation sites (N-methyl/N-ethyl adjacent to an activating group) is 1. The zero-order valence-electron chi connectivity index (χ0n) is 11.1. The molecule has 2 aliphatic rings. The lowest BCUT2D eigenvalue weighted by atomic mass is 9.66. The summed E-state index contributed by atoms with van der Waals surface area (Å²) in [6.45, 7) is 2.40. The van der Waals surface area contributed by atoms with Gasteiger partial charge in [-0.05, 0) is 51.0 Å². The Morgan fingerprint density at radius 2 is 2.00 bits per heavy atom. The first-order valence-corrected chi connectivity index (χ1v) is 6.94. The van der Waals surface area contributed by atoms with Crippen LogP contribution < -0.4 is 5.32 Å². The molecule has 1 N–H and O–H groups in total. The first-order chi connectivity index (χ1) is 7.72. The Labute approximate surface area is 100 Å². The Morgan fingerprint density at radius 3 is 2.44 bits per heavy atom. The molecule has 2 rings (SSSR count). The van der Waals surface area contributed by atoms with Gasteiger partial charge < -0.3 is 10.1 Å². The molecule has 2 fully saturated rings. The van der Waals surface area contributed by atoms with Crippen molar-refractivity contribution in [1.82, 2.24) is 5.32 Å². The molecule has 3 atom stereocenters. The lowest BCUT2D eigenvalue weighted by molar-refractivity contribution is -0.114. The summed E-state index contributed by atoms with van der Waals surface area (Å²) in [5.74, 6) is 1.73. The van der Waals surface area contributed by atoms with Crippen LogP contribution in [0.1, 0.15) is 51.9 Å². The Morgan fingerprint density at radius 1 is 1.25 bits per heavy atom. The van der Waals surface area contributed by atoms with Crippen molar-refractivity contribution in [3.05, 3.63) is 0 Å². The van der Waals surface area contributed by atoms with Crippen LogP contribution in [0.3, 0.4) is 0 Å². The van der Waals surface area contributed by atoms with E-state index in [-0.39, 0.29) is 5.60 Å². The molecule has 94 valence electrons. The van der Waals surface area contributed by atoms with E-state index in [2.05, 4.69) is 19.3 Å². The lowest BCUT2D eigenvalue weighted by Crippen LogP contribution is -2.59. The summed E-state index contributed by atoms with van der Waals surface area (Å²) in [7, 11) is 4.01. The first-order valence-electron chi connectivity index (χ1n) is 6.94. The molecule has 0 amide bonds. The van der Waals surface area contributed by atoms with Gasteiger partial charge in [-0.1, -0.05) is 19.8 Å². The molecule has 0 aromatic rings. The lowest BCUT2D eigenvalue weighted by Gasteiger charge is -2.50. The van der Waals surface area contributed by atoms with Gasteiger partial charge in [0.05, 0.1) is 5.60 Å². The average molecular weight is 225 g/mol. The molecule has 0 spiro atoms. The Balaban J connectivity index is 2.03. The van der Waals surface area contributed by atoms with Crippen molar-refractivity contribution in [1.29, 1.82) is 0 Å². The Bertz CT molecular complexity index is 219. The zero-order valence-corrected chi connectivity index (χ0v) is 11.1. The van der Waals surface area contributed by atoms with Crippen LogP contribution in [0.4, 0.5) is 0 Å². The molecule has 0 aromatic heterocycles. The maximum Gasteiger partial charge on any atom is 0.0833 e. The van der Waals surface area contributed by atoms with Crippen LogP contribution in [0.5, 0.6) is 0 Å². The second kappa shape index (κ2) is 5.05. The van der Waals surface area contributed by atoms with Crippen molar-refractivity contribution < 1.29 is 4.74 Å². The smallest absolute Gasteiger partial charge is 0.0833 e. The van der Waals surface area contributed by atoms with Crippen LogP contribution in [0.25, 0.3) is 0 Å². The minimum atomic E-state index is 0.163. The Hall–Kier alpha value is -0.0800.